The van der Waals surface area contributed by atoms with E-state index in [-0.39, 0.29) is 5.91 Å². The van der Waals surface area contributed by atoms with Crippen molar-refractivity contribution in [2.45, 2.75) is 20.4 Å². The molecule has 0 fully saturated rings. The van der Waals surface area contributed by atoms with E-state index in [1.165, 1.54) is 0 Å². The van der Waals surface area contributed by atoms with Gasteiger partial charge in [-0.05, 0) is 26.0 Å². The molecule has 0 aliphatic heterocycles. The Labute approximate surface area is 116 Å². The monoisotopic (exact) mass is 281 g/mol. The highest BCUT2D eigenvalue weighted by Crippen LogP contribution is 2.13. The van der Waals surface area contributed by atoms with Crippen molar-refractivity contribution >= 4 is 17.5 Å². The van der Waals surface area contributed by atoms with Crippen LogP contribution in [0.2, 0.25) is 5.02 Å². The lowest BCUT2D eigenvalue weighted by molar-refractivity contribution is 0.0739. The van der Waals surface area contributed by atoms with Crippen molar-refractivity contribution in [1.29, 1.82) is 0 Å². The van der Waals surface area contributed by atoms with E-state index in [0.29, 0.717) is 36.2 Å². The van der Waals surface area contributed by atoms with Crippen molar-refractivity contribution in [1.82, 2.24) is 14.7 Å². The Morgan fingerprint density at radius 3 is 2.74 bits per heavy atom. The zero-order valence-electron chi connectivity index (χ0n) is 11.0. The molecule has 2 aromatic rings. The second-order valence-corrected chi connectivity index (χ2v) is 4.54. The molecule has 0 aliphatic carbocycles. The van der Waals surface area contributed by atoms with Gasteiger partial charge >= 0.3 is 0 Å². The Morgan fingerprint density at radius 1 is 1.42 bits per heavy atom. The third kappa shape index (κ3) is 3.17. The van der Waals surface area contributed by atoms with Crippen LogP contribution in [0.4, 0.5) is 0 Å². The molecule has 0 atom stereocenters. The maximum atomic E-state index is 12.1. The van der Waals surface area contributed by atoms with Crippen LogP contribution in [-0.4, -0.2) is 33.7 Å². The number of amides is 1. The van der Waals surface area contributed by atoms with Gasteiger partial charge in [0.1, 0.15) is 5.76 Å². The Hall–Kier alpha value is -1.75. The smallest absolute Gasteiger partial charge is 0.289 e. The molecule has 0 saturated heterocycles. The van der Waals surface area contributed by atoms with E-state index in [2.05, 4.69) is 5.10 Å². The van der Waals surface area contributed by atoms with Crippen molar-refractivity contribution in [3.05, 3.63) is 41.1 Å². The molecule has 0 aliphatic rings. The van der Waals surface area contributed by atoms with Crippen LogP contribution in [0.1, 0.15) is 30.2 Å². The van der Waals surface area contributed by atoms with Crippen molar-refractivity contribution < 1.29 is 9.21 Å². The predicted octanol–water partition coefficient (Wildman–Crippen LogP) is 2.66. The number of nitrogens with zero attached hydrogens (tertiary/aromatic N) is 3. The molecule has 0 radical (unpaired) electrons. The van der Waals surface area contributed by atoms with Gasteiger partial charge in [0.15, 0.2) is 5.76 Å². The number of rotatable bonds is 5. The number of hydrogen-bond acceptors (Lipinski definition) is 3. The summed E-state index contributed by atoms with van der Waals surface area (Å²) in [4.78, 5) is 13.8. The quantitative estimate of drug-likeness (QED) is 0.847. The average Bonchev–Trinajstić information content (AvgIpc) is 3.01. The maximum Gasteiger partial charge on any atom is 0.289 e. The van der Waals surface area contributed by atoms with Crippen LogP contribution in [0, 0.1) is 0 Å². The van der Waals surface area contributed by atoms with Gasteiger partial charge in [0.2, 0.25) is 0 Å². The summed E-state index contributed by atoms with van der Waals surface area (Å²) >= 11 is 5.79. The Balaban J connectivity index is 2.08. The first kappa shape index (κ1) is 13.7. The summed E-state index contributed by atoms with van der Waals surface area (Å²) < 4.78 is 7.21. The van der Waals surface area contributed by atoms with Crippen molar-refractivity contribution in [3.63, 3.8) is 0 Å². The molecule has 2 aromatic heterocycles. The fraction of sp³-hybridized carbons (Fsp3) is 0.385. The van der Waals surface area contributed by atoms with Gasteiger partial charge in [-0.3, -0.25) is 9.48 Å². The summed E-state index contributed by atoms with van der Waals surface area (Å²) in [6.45, 7) is 5.67. The fourth-order valence-electron chi connectivity index (χ4n) is 1.83. The van der Waals surface area contributed by atoms with Gasteiger partial charge in [-0.1, -0.05) is 11.6 Å². The summed E-state index contributed by atoms with van der Waals surface area (Å²) in [6.07, 6.45) is 3.27. The molecule has 0 bridgehead atoms. The van der Waals surface area contributed by atoms with Gasteiger partial charge < -0.3 is 9.32 Å². The van der Waals surface area contributed by atoms with E-state index in [9.17, 15) is 4.79 Å². The predicted molar refractivity (Wildman–Crippen MR) is 72.3 cm³/mol. The van der Waals surface area contributed by atoms with Gasteiger partial charge in [-0.25, -0.2) is 0 Å². The normalized spacial score (nSPS) is 10.7. The summed E-state index contributed by atoms with van der Waals surface area (Å²) in [5, 5.41) is 4.64. The zero-order valence-corrected chi connectivity index (χ0v) is 11.7. The van der Waals surface area contributed by atoms with Crippen LogP contribution in [0.15, 0.2) is 28.9 Å². The number of aromatic nitrogens is 2. The second kappa shape index (κ2) is 5.93. The van der Waals surface area contributed by atoms with Gasteiger partial charge in [-0.2, -0.15) is 5.10 Å². The highest BCUT2D eigenvalue weighted by Gasteiger charge is 2.16. The molecule has 2 heterocycles. The number of carbonyl (C=O) groups is 1. The Morgan fingerprint density at radius 2 is 2.16 bits per heavy atom. The number of carbonyl (C=O) groups excluding carboxylic acids is 1. The van der Waals surface area contributed by atoms with Crippen molar-refractivity contribution in [3.8, 4) is 0 Å². The Bertz CT molecular complexity index is 558. The first-order chi connectivity index (χ1) is 9.13. The van der Waals surface area contributed by atoms with Gasteiger partial charge in [-0.15, -0.1) is 0 Å². The van der Waals surface area contributed by atoms with E-state index >= 15 is 0 Å². The van der Waals surface area contributed by atoms with Crippen molar-refractivity contribution in [2.24, 2.45) is 0 Å². The largest absolute Gasteiger partial charge is 0.454 e. The molecule has 2 rings (SSSR count). The molecule has 0 N–H and O–H groups in total. The highest BCUT2D eigenvalue weighted by atomic mass is 35.5. The van der Waals surface area contributed by atoms with Crippen LogP contribution < -0.4 is 0 Å². The average molecular weight is 282 g/mol. The van der Waals surface area contributed by atoms with Crippen LogP contribution in [0.5, 0.6) is 0 Å². The van der Waals surface area contributed by atoms with Gasteiger partial charge in [0.25, 0.3) is 5.91 Å². The SMILES string of the molecule is CCN(CC)C(=O)c1ccc(Cn2cc(Cl)cn2)o1. The van der Waals surface area contributed by atoms with E-state index in [0.717, 1.165) is 0 Å². The number of hydrogen-bond donors (Lipinski definition) is 0. The zero-order chi connectivity index (χ0) is 13.8. The molecular formula is C13H16ClN3O2. The standard InChI is InChI=1S/C13H16ClN3O2/c1-3-16(4-2)13(18)12-6-5-11(19-12)9-17-8-10(14)7-15-17/h5-8H,3-4,9H2,1-2H3. The molecule has 19 heavy (non-hydrogen) atoms. The third-order valence-corrected chi connectivity index (χ3v) is 3.04. The number of halogens is 1. The molecule has 0 aromatic carbocycles. The maximum absolute atomic E-state index is 12.1. The topological polar surface area (TPSA) is 51.3 Å². The lowest BCUT2D eigenvalue weighted by Gasteiger charge is -2.16. The molecule has 102 valence electrons. The fourth-order valence-corrected chi connectivity index (χ4v) is 1.99. The molecule has 6 heteroatoms. The molecule has 5 nitrogen and oxygen atoms in total. The number of furan rings is 1. The molecular weight excluding hydrogens is 266 g/mol. The van der Waals surface area contributed by atoms with Crippen LogP contribution in [0.25, 0.3) is 0 Å². The first-order valence-electron chi connectivity index (χ1n) is 6.20. The molecule has 0 spiro atoms. The third-order valence-electron chi connectivity index (χ3n) is 2.84. The first-order valence-corrected chi connectivity index (χ1v) is 6.57. The minimum absolute atomic E-state index is 0.0882. The summed E-state index contributed by atoms with van der Waals surface area (Å²) in [5.74, 6) is 0.946. The van der Waals surface area contributed by atoms with Crippen molar-refractivity contribution in [2.75, 3.05) is 13.1 Å². The van der Waals surface area contributed by atoms with Gasteiger partial charge in [0, 0.05) is 19.3 Å². The van der Waals surface area contributed by atoms with Crippen LogP contribution in [-0.2, 0) is 6.54 Å². The minimum atomic E-state index is -0.0882. The van der Waals surface area contributed by atoms with Gasteiger partial charge in [0.05, 0.1) is 17.8 Å². The van der Waals surface area contributed by atoms with E-state index in [1.807, 2.05) is 13.8 Å². The lowest BCUT2D eigenvalue weighted by atomic mass is 10.3. The van der Waals surface area contributed by atoms with E-state index < -0.39 is 0 Å². The Kier molecular flexibility index (Phi) is 4.27. The lowest BCUT2D eigenvalue weighted by Crippen LogP contribution is -2.30. The van der Waals surface area contributed by atoms with E-state index in [4.69, 9.17) is 16.0 Å². The minimum Gasteiger partial charge on any atom is -0.454 e. The highest BCUT2D eigenvalue weighted by molar-refractivity contribution is 6.30. The summed E-state index contributed by atoms with van der Waals surface area (Å²) in [7, 11) is 0. The summed E-state index contributed by atoms with van der Waals surface area (Å²) in [6, 6.07) is 3.48. The van der Waals surface area contributed by atoms with E-state index in [1.54, 1.807) is 34.1 Å². The molecule has 0 unspecified atom stereocenters. The van der Waals surface area contributed by atoms with Crippen LogP contribution in [0.3, 0.4) is 0 Å². The summed E-state index contributed by atoms with van der Waals surface area (Å²) in [5.41, 5.74) is 0. The molecule has 1 amide bonds. The molecule has 0 saturated carbocycles. The van der Waals surface area contributed by atoms with Crippen LogP contribution >= 0.6 is 11.6 Å². The second-order valence-electron chi connectivity index (χ2n) is 4.10.